The van der Waals surface area contributed by atoms with E-state index in [1.807, 2.05) is 0 Å². The molecule has 200 valence electrons. The Labute approximate surface area is 215 Å². The van der Waals surface area contributed by atoms with Crippen LogP contribution >= 0.6 is 0 Å². The molecule has 2 aromatic carbocycles. The monoisotopic (exact) mass is 584 g/mol. The summed E-state index contributed by atoms with van der Waals surface area (Å²) in [4.78, 5) is 12.2. The number of rotatable bonds is 6. The van der Waals surface area contributed by atoms with Crippen molar-refractivity contribution in [1.82, 2.24) is 4.98 Å². The summed E-state index contributed by atoms with van der Waals surface area (Å²) in [6.07, 6.45) is 0. The van der Waals surface area contributed by atoms with Gasteiger partial charge in [-0.15, -0.1) is 10.2 Å². The number of nitrogens with one attached hydrogen (secondary N) is 1. The molecule has 0 unspecified atom stereocenters. The Balaban J connectivity index is 2.37. The maximum Gasteiger partial charge on any atom is 0.296 e. The van der Waals surface area contributed by atoms with Crippen molar-refractivity contribution in [3.63, 3.8) is 0 Å². The summed E-state index contributed by atoms with van der Waals surface area (Å²) in [6, 6.07) is 4.32. The highest BCUT2D eigenvalue weighted by Crippen LogP contribution is 2.38. The van der Waals surface area contributed by atoms with Gasteiger partial charge in [-0.05, 0) is 36.6 Å². The fourth-order valence-electron chi connectivity index (χ4n) is 3.31. The van der Waals surface area contributed by atoms with Crippen molar-refractivity contribution in [1.29, 1.82) is 5.26 Å². The molecular formula is C19H16N6O10S3. The number of benzene rings is 2. The third-order valence-electron chi connectivity index (χ3n) is 4.93. The number of carbonyl (C=O) groups is 1. The molecule has 0 aliphatic rings. The first kappa shape index (κ1) is 28.5. The molecule has 38 heavy (non-hydrogen) atoms. The summed E-state index contributed by atoms with van der Waals surface area (Å²) in [5.74, 6) is -1.08. The van der Waals surface area contributed by atoms with Crippen molar-refractivity contribution in [2.24, 2.45) is 10.2 Å². The molecule has 0 saturated heterocycles. The molecule has 0 aliphatic heterocycles. The van der Waals surface area contributed by atoms with Crippen LogP contribution in [0, 0.1) is 18.3 Å². The smallest absolute Gasteiger partial charge is 0.296 e. The number of nitrogens with two attached hydrogens (primary N) is 1. The predicted octanol–water partition coefficient (Wildman–Crippen LogP) is 2.11. The number of nitrogens with zero attached hydrogens (tertiary/aromatic N) is 4. The number of carbonyl (C=O) groups excluding carboxylic acids is 1. The number of nitriles is 1. The number of azo groups is 1. The Morgan fingerprint density at radius 3 is 2.08 bits per heavy atom. The van der Waals surface area contributed by atoms with Crippen molar-refractivity contribution in [3.8, 4) is 6.07 Å². The van der Waals surface area contributed by atoms with Crippen LogP contribution in [0.25, 0.3) is 10.8 Å². The summed E-state index contributed by atoms with van der Waals surface area (Å²) < 4.78 is 99.8. The summed E-state index contributed by atoms with van der Waals surface area (Å²) in [6.45, 7) is 2.53. The minimum absolute atomic E-state index is 0.0677. The number of hydrogen-bond acceptors (Lipinski definition) is 12. The van der Waals surface area contributed by atoms with E-state index in [1.165, 1.54) is 13.8 Å². The van der Waals surface area contributed by atoms with Gasteiger partial charge in [-0.2, -0.15) is 30.5 Å². The van der Waals surface area contributed by atoms with E-state index in [0.717, 1.165) is 6.07 Å². The van der Waals surface area contributed by atoms with Gasteiger partial charge in [0.25, 0.3) is 30.4 Å². The quantitative estimate of drug-likeness (QED) is 0.205. The first-order valence-corrected chi connectivity index (χ1v) is 14.1. The van der Waals surface area contributed by atoms with Gasteiger partial charge in [-0.25, -0.2) is 4.98 Å². The second-order valence-electron chi connectivity index (χ2n) is 7.57. The van der Waals surface area contributed by atoms with E-state index >= 15 is 0 Å². The Morgan fingerprint density at radius 2 is 1.58 bits per heavy atom. The normalized spacial score (nSPS) is 12.5. The molecule has 1 aromatic heterocycles. The maximum atomic E-state index is 12.1. The van der Waals surface area contributed by atoms with E-state index in [2.05, 4.69) is 20.5 Å². The Morgan fingerprint density at radius 1 is 0.974 bits per heavy atom. The molecule has 0 aliphatic carbocycles. The first-order valence-electron chi connectivity index (χ1n) is 9.78. The molecule has 0 spiro atoms. The van der Waals surface area contributed by atoms with E-state index in [0.29, 0.717) is 18.2 Å². The van der Waals surface area contributed by atoms with Gasteiger partial charge < -0.3 is 11.1 Å². The van der Waals surface area contributed by atoms with Crippen LogP contribution in [0.2, 0.25) is 0 Å². The minimum Gasteiger partial charge on any atom is -0.382 e. The number of aromatic nitrogens is 1. The number of fused-ring (bicyclic) bond motifs is 1. The number of nitrogen functional groups attached to an aromatic ring is 1. The molecule has 6 N–H and O–H groups in total. The Hall–Kier alpha value is -4.06. The average molecular weight is 585 g/mol. The first-order chi connectivity index (χ1) is 17.3. The lowest BCUT2D eigenvalue weighted by Gasteiger charge is -2.11. The average Bonchev–Trinajstić information content (AvgIpc) is 2.75. The van der Waals surface area contributed by atoms with E-state index in [4.69, 9.17) is 5.73 Å². The Kier molecular flexibility index (Phi) is 7.26. The van der Waals surface area contributed by atoms with Gasteiger partial charge in [-0.3, -0.25) is 18.5 Å². The maximum absolute atomic E-state index is 12.1. The lowest BCUT2D eigenvalue weighted by molar-refractivity contribution is -0.114. The zero-order valence-electron chi connectivity index (χ0n) is 19.1. The molecule has 19 heteroatoms. The van der Waals surface area contributed by atoms with Crippen LogP contribution in [0.5, 0.6) is 0 Å². The highest BCUT2D eigenvalue weighted by Gasteiger charge is 2.25. The summed E-state index contributed by atoms with van der Waals surface area (Å²) in [5, 5.41) is 18.4. The zero-order chi connectivity index (χ0) is 28.8. The van der Waals surface area contributed by atoms with Crippen LogP contribution < -0.4 is 11.1 Å². The fraction of sp³-hybridized carbons (Fsp3) is 0.105. The number of hydrogen-bond donors (Lipinski definition) is 5. The molecule has 16 nitrogen and oxygen atoms in total. The van der Waals surface area contributed by atoms with Gasteiger partial charge in [0.05, 0.1) is 4.90 Å². The molecule has 0 fully saturated rings. The van der Waals surface area contributed by atoms with Gasteiger partial charge in [0, 0.05) is 17.9 Å². The van der Waals surface area contributed by atoms with Gasteiger partial charge in [-0.1, -0.05) is 0 Å². The van der Waals surface area contributed by atoms with E-state index < -0.39 is 67.4 Å². The lowest BCUT2D eigenvalue weighted by Crippen LogP contribution is -2.11. The lowest BCUT2D eigenvalue weighted by atomic mass is 10.1. The fourth-order valence-corrected chi connectivity index (χ4v) is 5.30. The second-order valence-corrected chi connectivity index (χ2v) is 11.8. The zero-order valence-corrected chi connectivity index (χ0v) is 21.5. The molecule has 1 amide bonds. The number of amides is 1. The summed E-state index contributed by atoms with van der Waals surface area (Å²) in [7, 11) is -15.3. The van der Waals surface area contributed by atoms with Gasteiger partial charge in [0.2, 0.25) is 5.91 Å². The molecule has 0 radical (unpaired) electrons. The van der Waals surface area contributed by atoms with Crippen LogP contribution in [0.3, 0.4) is 0 Å². The second kappa shape index (κ2) is 9.67. The van der Waals surface area contributed by atoms with Crippen LogP contribution in [0.1, 0.15) is 18.1 Å². The molecular weight excluding hydrogens is 568 g/mol. The van der Waals surface area contributed by atoms with Crippen LogP contribution in [-0.2, 0) is 35.1 Å². The highest BCUT2D eigenvalue weighted by molar-refractivity contribution is 7.87. The SMILES string of the molecule is CC(=O)Nc1nc(N)c(N=Nc2cc3c(S(=O)(=O)O)cc(S(=O)(=O)O)cc3cc2S(=O)(=O)O)c(C)c1C#N. The molecule has 0 saturated carbocycles. The third-order valence-corrected chi connectivity index (χ3v) is 7.54. The van der Waals surface area contributed by atoms with E-state index in [9.17, 15) is 49.0 Å². The summed E-state index contributed by atoms with van der Waals surface area (Å²) in [5.41, 5.74) is 4.84. The van der Waals surface area contributed by atoms with Crippen molar-refractivity contribution >= 4 is 70.0 Å². The Bertz CT molecular complexity index is 1930. The van der Waals surface area contributed by atoms with Crippen molar-refractivity contribution in [2.45, 2.75) is 28.5 Å². The predicted molar refractivity (Wildman–Crippen MR) is 130 cm³/mol. The van der Waals surface area contributed by atoms with Crippen LogP contribution in [0.4, 0.5) is 23.0 Å². The molecule has 3 rings (SSSR count). The van der Waals surface area contributed by atoms with E-state index in [1.54, 1.807) is 6.07 Å². The van der Waals surface area contributed by atoms with Crippen LogP contribution in [0.15, 0.2) is 49.2 Å². The van der Waals surface area contributed by atoms with Gasteiger partial charge >= 0.3 is 0 Å². The number of pyridine rings is 1. The number of anilines is 2. The minimum atomic E-state index is -5.14. The topological polar surface area (TPSA) is 280 Å². The molecule has 0 atom stereocenters. The van der Waals surface area contributed by atoms with Crippen LogP contribution in [-0.4, -0.2) is 49.8 Å². The van der Waals surface area contributed by atoms with Crippen molar-refractivity contribution in [2.75, 3.05) is 11.1 Å². The molecule has 3 aromatic rings. The largest absolute Gasteiger partial charge is 0.382 e. The molecule has 0 bridgehead atoms. The summed E-state index contributed by atoms with van der Waals surface area (Å²) >= 11 is 0. The van der Waals surface area contributed by atoms with Crippen molar-refractivity contribution < 1.29 is 43.7 Å². The van der Waals surface area contributed by atoms with Gasteiger partial charge in [0.1, 0.15) is 32.8 Å². The standard InChI is InChI=1S/C19H16N6O10S3/c1-8-13(7-20)19(22-9(2)26)23-18(21)17(8)25-24-14-6-12-10(4-16(14)38(33,34)35)3-11(36(27,28)29)5-15(12)37(30,31)32/h3-6H,1-2H3,(H,27,28,29)(H,30,31,32)(H,33,34,35)(H3,21,22,23,26). The highest BCUT2D eigenvalue weighted by atomic mass is 32.2. The molecule has 1 heterocycles. The van der Waals surface area contributed by atoms with E-state index in [-0.39, 0.29) is 28.5 Å². The van der Waals surface area contributed by atoms with Gasteiger partial charge in [0.15, 0.2) is 11.6 Å². The van der Waals surface area contributed by atoms with Crippen molar-refractivity contribution in [3.05, 3.63) is 35.4 Å². The third kappa shape index (κ3) is 5.75.